The predicted octanol–water partition coefficient (Wildman–Crippen LogP) is 3.26. The Morgan fingerprint density at radius 1 is 0.926 bits per heavy atom. The molecule has 134 valence electrons. The van der Waals surface area contributed by atoms with Gasteiger partial charge in [0.1, 0.15) is 11.7 Å². The first-order chi connectivity index (χ1) is 13.3. The van der Waals surface area contributed by atoms with Crippen LogP contribution in [0.15, 0.2) is 66.7 Å². The minimum atomic E-state index is -0.276. The summed E-state index contributed by atoms with van der Waals surface area (Å²) in [7, 11) is 0. The van der Waals surface area contributed by atoms with E-state index in [1.807, 2.05) is 65.6 Å². The number of para-hydroxylation sites is 1. The van der Waals surface area contributed by atoms with Crippen molar-refractivity contribution in [3.05, 3.63) is 78.0 Å². The molecule has 1 saturated heterocycles. The Morgan fingerprint density at radius 2 is 1.63 bits per heavy atom. The van der Waals surface area contributed by atoms with Gasteiger partial charge in [0.15, 0.2) is 0 Å². The molecule has 2 aromatic carbocycles. The third-order valence-corrected chi connectivity index (χ3v) is 5.02. The van der Waals surface area contributed by atoms with Crippen LogP contribution in [0.4, 0.5) is 0 Å². The molecule has 1 aliphatic heterocycles. The van der Waals surface area contributed by atoms with Gasteiger partial charge < -0.3 is 4.90 Å². The summed E-state index contributed by atoms with van der Waals surface area (Å²) in [5, 5.41) is 10.6. The minimum absolute atomic E-state index is 0.0476. The van der Waals surface area contributed by atoms with Crippen LogP contribution in [-0.4, -0.2) is 46.9 Å². The van der Waals surface area contributed by atoms with E-state index in [-0.39, 0.29) is 11.9 Å². The lowest BCUT2D eigenvalue weighted by Gasteiger charge is -2.36. The fraction of sp³-hybridized carbons (Fsp3) is 0.227. The van der Waals surface area contributed by atoms with Gasteiger partial charge in [0.2, 0.25) is 0 Å². The van der Waals surface area contributed by atoms with Crippen LogP contribution in [0.5, 0.6) is 0 Å². The molecule has 1 fully saturated rings. The Bertz CT molecular complexity index is 988. The summed E-state index contributed by atoms with van der Waals surface area (Å²) in [4.78, 5) is 21.3. The van der Waals surface area contributed by atoms with Crippen LogP contribution in [0.1, 0.15) is 22.1 Å². The standard InChI is InChI=1S/C22H20N4O/c23-16-21(18-7-2-1-3-8-18)25-12-14-26(15-13-25)22(27)20-11-10-17-6-4-5-9-19(17)24-20/h1-11,21H,12-15H2. The second kappa shape index (κ2) is 7.56. The molecule has 4 rings (SSSR count). The van der Waals surface area contributed by atoms with E-state index in [2.05, 4.69) is 16.0 Å². The lowest BCUT2D eigenvalue weighted by atomic mass is 10.1. The van der Waals surface area contributed by atoms with E-state index >= 15 is 0 Å². The number of carbonyl (C=O) groups is 1. The zero-order valence-corrected chi connectivity index (χ0v) is 15.0. The second-order valence-electron chi connectivity index (χ2n) is 6.66. The van der Waals surface area contributed by atoms with Crippen LogP contribution < -0.4 is 0 Å². The number of carbonyl (C=O) groups excluding carboxylic acids is 1. The molecule has 0 bridgehead atoms. The van der Waals surface area contributed by atoms with Crippen LogP contribution in [0.2, 0.25) is 0 Å². The van der Waals surface area contributed by atoms with Gasteiger partial charge in [-0.25, -0.2) is 4.98 Å². The van der Waals surface area contributed by atoms with Crippen molar-refractivity contribution in [2.24, 2.45) is 0 Å². The number of hydrogen-bond acceptors (Lipinski definition) is 4. The summed E-state index contributed by atoms with van der Waals surface area (Å²) in [6.07, 6.45) is 0. The van der Waals surface area contributed by atoms with Gasteiger partial charge in [-0.3, -0.25) is 9.69 Å². The van der Waals surface area contributed by atoms with Crippen LogP contribution in [0, 0.1) is 11.3 Å². The normalized spacial score (nSPS) is 16.0. The average Bonchev–Trinajstić information content (AvgIpc) is 2.75. The number of benzene rings is 2. The molecule has 0 radical (unpaired) electrons. The van der Waals surface area contributed by atoms with E-state index < -0.39 is 0 Å². The maximum atomic E-state index is 12.8. The van der Waals surface area contributed by atoms with Crippen molar-refractivity contribution < 1.29 is 4.79 Å². The number of pyridine rings is 1. The van der Waals surface area contributed by atoms with Gasteiger partial charge in [0.05, 0.1) is 11.6 Å². The van der Waals surface area contributed by atoms with E-state index in [0.717, 1.165) is 16.5 Å². The van der Waals surface area contributed by atoms with Gasteiger partial charge >= 0.3 is 0 Å². The Kier molecular flexibility index (Phi) is 4.82. The molecule has 2 heterocycles. The van der Waals surface area contributed by atoms with Crippen molar-refractivity contribution >= 4 is 16.8 Å². The molecule has 1 aromatic heterocycles. The lowest BCUT2D eigenvalue weighted by Crippen LogP contribution is -2.49. The average molecular weight is 356 g/mol. The molecule has 27 heavy (non-hydrogen) atoms. The zero-order valence-electron chi connectivity index (χ0n) is 15.0. The summed E-state index contributed by atoms with van der Waals surface area (Å²) in [6, 6.07) is 23.4. The van der Waals surface area contributed by atoms with E-state index in [0.29, 0.717) is 31.9 Å². The van der Waals surface area contributed by atoms with Gasteiger partial charge in [-0.15, -0.1) is 0 Å². The van der Waals surface area contributed by atoms with Crippen molar-refractivity contribution in [1.29, 1.82) is 5.26 Å². The molecule has 1 unspecified atom stereocenters. The van der Waals surface area contributed by atoms with Crippen LogP contribution in [-0.2, 0) is 0 Å². The number of amides is 1. The third-order valence-electron chi connectivity index (χ3n) is 5.02. The van der Waals surface area contributed by atoms with E-state index in [1.54, 1.807) is 6.07 Å². The summed E-state index contributed by atoms with van der Waals surface area (Å²) in [6.45, 7) is 2.54. The third kappa shape index (κ3) is 3.53. The predicted molar refractivity (Wildman–Crippen MR) is 104 cm³/mol. The number of aromatic nitrogens is 1. The molecule has 5 heteroatoms. The number of nitrogens with zero attached hydrogens (tertiary/aromatic N) is 4. The van der Waals surface area contributed by atoms with Gasteiger partial charge in [0, 0.05) is 31.6 Å². The quantitative estimate of drug-likeness (QED) is 0.723. The largest absolute Gasteiger partial charge is 0.335 e. The number of piperazine rings is 1. The molecular weight excluding hydrogens is 336 g/mol. The molecule has 0 saturated carbocycles. The van der Waals surface area contributed by atoms with Crippen molar-refractivity contribution in [1.82, 2.24) is 14.8 Å². The van der Waals surface area contributed by atoms with E-state index in [4.69, 9.17) is 0 Å². The SMILES string of the molecule is N#CC(c1ccccc1)N1CCN(C(=O)c2ccc3ccccc3n2)CC1. The fourth-order valence-corrected chi connectivity index (χ4v) is 3.53. The highest BCUT2D eigenvalue weighted by Crippen LogP contribution is 2.22. The highest BCUT2D eigenvalue weighted by Gasteiger charge is 2.27. The van der Waals surface area contributed by atoms with Gasteiger partial charge in [-0.05, 0) is 17.7 Å². The van der Waals surface area contributed by atoms with Gasteiger partial charge in [0.25, 0.3) is 5.91 Å². The molecule has 1 amide bonds. The maximum absolute atomic E-state index is 12.8. The number of rotatable bonds is 3. The number of fused-ring (bicyclic) bond motifs is 1. The van der Waals surface area contributed by atoms with Crippen LogP contribution in [0.3, 0.4) is 0 Å². The molecule has 3 aromatic rings. The van der Waals surface area contributed by atoms with Crippen LogP contribution >= 0.6 is 0 Å². The zero-order chi connectivity index (χ0) is 18.6. The molecule has 0 aliphatic carbocycles. The first kappa shape index (κ1) is 17.2. The fourth-order valence-electron chi connectivity index (χ4n) is 3.53. The summed E-state index contributed by atoms with van der Waals surface area (Å²) in [5.41, 5.74) is 2.30. The Hall–Kier alpha value is -3.23. The summed E-state index contributed by atoms with van der Waals surface area (Å²) >= 11 is 0. The van der Waals surface area contributed by atoms with Crippen molar-refractivity contribution in [3.8, 4) is 6.07 Å². The van der Waals surface area contributed by atoms with Gasteiger partial charge in [-0.1, -0.05) is 54.6 Å². The topological polar surface area (TPSA) is 60.2 Å². The van der Waals surface area contributed by atoms with Gasteiger partial charge in [-0.2, -0.15) is 5.26 Å². The molecular formula is C22H20N4O. The Morgan fingerprint density at radius 3 is 2.37 bits per heavy atom. The monoisotopic (exact) mass is 356 g/mol. The smallest absolute Gasteiger partial charge is 0.272 e. The molecule has 1 aliphatic rings. The molecule has 0 spiro atoms. The molecule has 5 nitrogen and oxygen atoms in total. The first-order valence-electron chi connectivity index (χ1n) is 9.10. The van der Waals surface area contributed by atoms with E-state index in [9.17, 15) is 10.1 Å². The summed E-state index contributed by atoms with van der Waals surface area (Å²) in [5.74, 6) is -0.0476. The van der Waals surface area contributed by atoms with Crippen molar-refractivity contribution in [2.75, 3.05) is 26.2 Å². The highest BCUT2D eigenvalue weighted by atomic mass is 16.2. The Labute approximate surface area is 158 Å². The lowest BCUT2D eigenvalue weighted by molar-refractivity contribution is 0.0601. The highest BCUT2D eigenvalue weighted by molar-refractivity contribution is 5.95. The summed E-state index contributed by atoms with van der Waals surface area (Å²) < 4.78 is 0. The second-order valence-corrected chi connectivity index (χ2v) is 6.66. The molecule has 0 N–H and O–H groups in total. The maximum Gasteiger partial charge on any atom is 0.272 e. The minimum Gasteiger partial charge on any atom is -0.335 e. The molecule has 1 atom stereocenters. The van der Waals surface area contributed by atoms with E-state index in [1.165, 1.54) is 0 Å². The number of nitriles is 1. The van der Waals surface area contributed by atoms with Crippen molar-refractivity contribution in [2.45, 2.75) is 6.04 Å². The Balaban J connectivity index is 1.45. The van der Waals surface area contributed by atoms with Crippen molar-refractivity contribution in [3.63, 3.8) is 0 Å². The number of hydrogen-bond donors (Lipinski definition) is 0. The van der Waals surface area contributed by atoms with Crippen LogP contribution in [0.25, 0.3) is 10.9 Å². The first-order valence-corrected chi connectivity index (χ1v) is 9.10.